The molecular formula is C14H19ClO2S2. The number of aryl methyl sites for hydroxylation is 1. The second-order valence-corrected chi connectivity index (χ2v) is 8.02. The summed E-state index contributed by atoms with van der Waals surface area (Å²) in [7, 11) is 0. The highest BCUT2D eigenvalue weighted by Gasteiger charge is 2.43. The number of thiophene rings is 1. The number of aliphatic hydroxyl groups is 1. The van der Waals surface area contributed by atoms with Gasteiger partial charge in [0.25, 0.3) is 0 Å². The van der Waals surface area contributed by atoms with Crippen LogP contribution >= 0.6 is 34.7 Å². The minimum absolute atomic E-state index is 0.0212. The third kappa shape index (κ3) is 2.70. The van der Waals surface area contributed by atoms with Crippen molar-refractivity contribution in [3.63, 3.8) is 0 Å². The van der Waals surface area contributed by atoms with Crippen molar-refractivity contribution < 1.29 is 9.84 Å². The molecule has 3 unspecified atom stereocenters. The molecule has 1 N–H and O–H groups in total. The second-order valence-electron chi connectivity index (χ2n) is 5.63. The van der Waals surface area contributed by atoms with Gasteiger partial charge in [-0.3, -0.25) is 0 Å². The van der Waals surface area contributed by atoms with Gasteiger partial charge in [0.2, 0.25) is 0 Å². The molecule has 0 radical (unpaired) electrons. The first-order valence-corrected chi connectivity index (χ1v) is 9.16. The molecule has 2 saturated heterocycles. The van der Waals surface area contributed by atoms with Crippen LogP contribution in [-0.2, 0) is 4.74 Å². The maximum absolute atomic E-state index is 10.6. The molecule has 0 bridgehead atoms. The van der Waals surface area contributed by atoms with Gasteiger partial charge in [-0.1, -0.05) is 11.6 Å². The third-order valence-corrected chi connectivity index (χ3v) is 7.25. The number of ether oxygens (including phenoxy) is 1. The Labute approximate surface area is 127 Å². The summed E-state index contributed by atoms with van der Waals surface area (Å²) in [6.45, 7) is 2.76. The highest BCUT2D eigenvalue weighted by Crippen LogP contribution is 2.46. The van der Waals surface area contributed by atoms with Gasteiger partial charge in [0, 0.05) is 12.4 Å². The first-order chi connectivity index (χ1) is 9.11. The lowest BCUT2D eigenvalue weighted by Gasteiger charge is -2.39. The minimum atomic E-state index is -0.433. The maximum Gasteiger partial charge on any atom is 0.0927 e. The van der Waals surface area contributed by atoms with Crippen LogP contribution in [0.1, 0.15) is 35.8 Å². The molecule has 0 amide bonds. The van der Waals surface area contributed by atoms with E-state index in [1.807, 2.05) is 24.1 Å². The quantitative estimate of drug-likeness (QED) is 0.892. The van der Waals surface area contributed by atoms with Crippen molar-refractivity contribution in [2.75, 3.05) is 18.1 Å². The smallest absolute Gasteiger partial charge is 0.0927 e. The van der Waals surface area contributed by atoms with Crippen molar-refractivity contribution in [2.24, 2.45) is 5.92 Å². The summed E-state index contributed by atoms with van der Waals surface area (Å²) in [5.74, 6) is 2.54. The molecule has 3 atom stereocenters. The van der Waals surface area contributed by atoms with Gasteiger partial charge in [-0.2, -0.15) is 11.8 Å². The Morgan fingerprint density at radius 1 is 1.58 bits per heavy atom. The van der Waals surface area contributed by atoms with Crippen LogP contribution in [0.25, 0.3) is 0 Å². The molecule has 0 aromatic carbocycles. The Morgan fingerprint density at radius 3 is 3.05 bits per heavy atom. The standard InChI is InChI=1S/C14H19ClO2S2/c1-9-7-19-13(11(9)15)12(16)10-2-4-17-14(6-10)3-5-18-8-14/h7,10,12,16H,2-6,8H2,1H3. The SMILES string of the molecule is Cc1csc(C(O)C2CCOC3(CCSC3)C2)c1Cl. The molecule has 1 aromatic heterocycles. The third-order valence-electron chi connectivity index (χ3n) is 4.24. The summed E-state index contributed by atoms with van der Waals surface area (Å²) < 4.78 is 6.02. The van der Waals surface area contributed by atoms with Crippen LogP contribution in [0.2, 0.25) is 5.02 Å². The predicted molar refractivity (Wildman–Crippen MR) is 82.4 cm³/mol. The van der Waals surface area contributed by atoms with E-state index in [0.29, 0.717) is 0 Å². The van der Waals surface area contributed by atoms with Crippen LogP contribution < -0.4 is 0 Å². The van der Waals surface area contributed by atoms with Crippen LogP contribution in [0.3, 0.4) is 0 Å². The Kier molecular flexibility index (Phi) is 4.16. The van der Waals surface area contributed by atoms with Gasteiger partial charge in [0.15, 0.2) is 0 Å². The van der Waals surface area contributed by atoms with Gasteiger partial charge in [-0.05, 0) is 48.8 Å². The number of rotatable bonds is 2. The summed E-state index contributed by atoms with van der Waals surface area (Å²) in [5, 5.41) is 13.4. The van der Waals surface area contributed by atoms with Crippen molar-refractivity contribution in [3.05, 3.63) is 20.8 Å². The molecular weight excluding hydrogens is 300 g/mol. The van der Waals surface area contributed by atoms with E-state index in [0.717, 1.165) is 47.1 Å². The first-order valence-electron chi connectivity index (χ1n) is 6.74. The van der Waals surface area contributed by atoms with Crippen LogP contribution in [0.15, 0.2) is 5.38 Å². The molecule has 19 heavy (non-hydrogen) atoms. The van der Waals surface area contributed by atoms with Crippen molar-refractivity contribution >= 4 is 34.7 Å². The topological polar surface area (TPSA) is 29.5 Å². The van der Waals surface area contributed by atoms with E-state index in [1.54, 1.807) is 11.3 Å². The lowest BCUT2D eigenvalue weighted by Crippen LogP contribution is -2.41. The van der Waals surface area contributed by atoms with Gasteiger partial charge in [0.05, 0.1) is 21.6 Å². The van der Waals surface area contributed by atoms with E-state index in [-0.39, 0.29) is 11.5 Å². The van der Waals surface area contributed by atoms with E-state index in [2.05, 4.69) is 0 Å². The Balaban J connectivity index is 1.76. The summed E-state index contributed by atoms with van der Waals surface area (Å²) >= 11 is 9.84. The molecule has 5 heteroatoms. The van der Waals surface area contributed by atoms with E-state index in [9.17, 15) is 5.11 Å². The van der Waals surface area contributed by atoms with E-state index in [1.165, 1.54) is 5.75 Å². The van der Waals surface area contributed by atoms with Crippen LogP contribution in [0.5, 0.6) is 0 Å². The lowest BCUT2D eigenvalue weighted by atomic mass is 9.82. The van der Waals surface area contributed by atoms with Gasteiger partial charge >= 0.3 is 0 Å². The van der Waals surface area contributed by atoms with Crippen molar-refractivity contribution in [3.8, 4) is 0 Å². The van der Waals surface area contributed by atoms with Crippen LogP contribution in [-0.4, -0.2) is 28.8 Å². The van der Waals surface area contributed by atoms with Gasteiger partial charge in [-0.25, -0.2) is 0 Å². The summed E-state index contributed by atoms with van der Waals surface area (Å²) in [6, 6.07) is 0. The fourth-order valence-corrected chi connectivity index (χ4v) is 5.82. The zero-order valence-electron chi connectivity index (χ0n) is 11.0. The largest absolute Gasteiger partial charge is 0.387 e. The molecule has 2 fully saturated rings. The number of aliphatic hydroxyl groups excluding tert-OH is 1. The zero-order chi connectivity index (χ0) is 13.5. The van der Waals surface area contributed by atoms with E-state index < -0.39 is 6.10 Å². The normalized spacial score (nSPS) is 32.9. The van der Waals surface area contributed by atoms with Crippen molar-refractivity contribution in [1.82, 2.24) is 0 Å². The molecule has 2 nitrogen and oxygen atoms in total. The average molecular weight is 319 g/mol. The van der Waals surface area contributed by atoms with Crippen LogP contribution in [0.4, 0.5) is 0 Å². The number of hydrogen-bond acceptors (Lipinski definition) is 4. The number of thioether (sulfide) groups is 1. The molecule has 2 aliphatic heterocycles. The Bertz CT molecular complexity index is 454. The highest BCUT2D eigenvalue weighted by molar-refractivity contribution is 7.99. The molecule has 3 rings (SSSR count). The van der Waals surface area contributed by atoms with E-state index in [4.69, 9.17) is 16.3 Å². The summed E-state index contributed by atoms with van der Waals surface area (Å²) in [6.07, 6.45) is 2.59. The lowest BCUT2D eigenvalue weighted by molar-refractivity contribution is -0.101. The van der Waals surface area contributed by atoms with Crippen molar-refractivity contribution in [2.45, 2.75) is 37.9 Å². The molecule has 3 heterocycles. The van der Waals surface area contributed by atoms with Crippen molar-refractivity contribution in [1.29, 1.82) is 0 Å². The maximum atomic E-state index is 10.6. The Morgan fingerprint density at radius 2 is 2.42 bits per heavy atom. The molecule has 106 valence electrons. The highest BCUT2D eigenvalue weighted by atomic mass is 35.5. The molecule has 1 spiro atoms. The first kappa shape index (κ1) is 14.2. The minimum Gasteiger partial charge on any atom is -0.387 e. The fraction of sp³-hybridized carbons (Fsp3) is 0.714. The molecule has 2 aliphatic rings. The predicted octanol–water partition coefficient (Wildman–Crippen LogP) is 4.05. The van der Waals surface area contributed by atoms with Gasteiger partial charge in [-0.15, -0.1) is 11.3 Å². The Hall–Kier alpha value is 0.260. The monoisotopic (exact) mass is 318 g/mol. The summed E-state index contributed by atoms with van der Waals surface area (Å²) in [4.78, 5) is 0.937. The number of hydrogen-bond donors (Lipinski definition) is 1. The summed E-state index contributed by atoms with van der Waals surface area (Å²) in [5.41, 5.74) is 1.09. The second kappa shape index (κ2) is 5.57. The van der Waals surface area contributed by atoms with Gasteiger partial charge in [0.1, 0.15) is 0 Å². The van der Waals surface area contributed by atoms with Crippen LogP contribution in [0, 0.1) is 12.8 Å². The molecule has 0 aliphatic carbocycles. The fourth-order valence-electron chi connectivity index (χ4n) is 3.06. The zero-order valence-corrected chi connectivity index (χ0v) is 13.4. The molecule has 1 aromatic rings. The van der Waals surface area contributed by atoms with Gasteiger partial charge < -0.3 is 9.84 Å². The average Bonchev–Trinajstić information content (AvgIpc) is 2.98. The number of halogens is 1. The molecule has 0 saturated carbocycles. The van der Waals surface area contributed by atoms with E-state index >= 15 is 0 Å².